The number of hydrogen-bond acceptors (Lipinski definition) is 3. The van der Waals surface area contributed by atoms with Crippen LogP contribution in [0.15, 0.2) is 0 Å². The first-order valence-electron chi connectivity index (χ1n) is 6.18. The highest BCUT2D eigenvalue weighted by Gasteiger charge is 2.28. The normalized spacial score (nSPS) is 26.6. The number of carboxylic acid groups (broad SMARTS) is 1. The number of amides is 1. The largest absolute Gasteiger partial charge is 0.481 e. The summed E-state index contributed by atoms with van der Waals surface area (Å²) in [7, 11) is 0. The van der Waals surface area contributed by atoms with Crippen molar-refractivity contribution in [2.75, 3.05) is 13.1 Å². The molecule has 98 valence electrons. The average molecular weight is 242 g/mol. The molecule has 1 heterocycles. The highest BCUT2D eigenvalue weighted by Crippen LogP contribution is 2.22. The van der Waals surface area contributed by atoms with Gasteiger partial charge in [-0.05, 0) is 24.7 Å². The molecule has 5 nitrogen and oxygen atoms in total. The molecule has 0 aromatic rings. The number of nitrogens with zero attached hydrogens (tertiary/aromatic N) is 1. The number of aliphatic carboxylic acids is 1. The fourth-order valence-electron chi connectivity index (χ4n) is 2.10. The third-order valence-electron chi connectivity index (χ3n) is 3.63. The second kappa shape index (κ2) is 6.00. The van der Waals surface area contributed by atoms with Gasteiger partial charge in [0.15, 0.2) is 0 Å². The van der Waals surface area contributed by atoms with E-state index in [1.807, 2.05) is 0 Å². The predicted octanol–water partition coefficient (Wildman–Crippen LogP) is 0.683. The molecule has 1 aliphatic heterocycles. The van der Waals surface area contributed by atoms with Crippen molar-refractivity contribution in [1.29, 1.82) is 0 Å². The first-order valence-corrected chi connectivity index (χ1v) is 6.18. The van der Waals surface area contributed by atoms with E-state index in [-0.39, 0.29) is 18.7 Å². The van der Waals surface area contributed by atoms with E-state index in [0.717, 1.165) is 19.5 Å². The number of carboxylic acids is 1. The Balaban J connectivity index is 2.44. The van der Waals surface area contributed by atoms with E-state index in [4.69, 9.17) is 10.8 Å². The van der Waals surface area contributed by atoms with Crippen molar-refractivity contribution < 1.29 is 14.7 Å². The van der Waals surface area contributed by atoms with Crippen LogP contribution in [0.2, 0.25) is 0 Å². The lowest BCUT2D eigenvalue weighted by atomic mass is 9.88. The molecule has 3 atom stereocenters. The molecule has 5 heteroatoms. The molecule has 1 saturated heterocycles. The number of piperidine rings is 1. The maximum atomic E-state index is 12.0. The van der Waals surface area contributed by atoms with Crippen molar-refractivity contribution in [2.45, 2.75) is 39.2 Å². The second-order valence-corrected chi connectivity index (χ2v) is 5.07. The van der Waals surface area contributed by atoms with Crippen molar-refractivity contribution in [3.63, 3.8) is 0 Å². The van der Waals surface area contributed by atoms with E-state index >= 15 is 0 Å². The summed E-state index contributed by atoms with van der Waals surface area (Å²) >= 11 is 0. The fourth-order valence-corrected chi connectivity index (χ4v) is 2.10. The molecule has 0 bridgehead atoms. The standard InChI is InChI=1S/C12H22N2O3/c1-8-5-6-14(7-9(8)2)12(17)10(13)3-4-11(15)16/h8-10H,3-7,13H2,1-2H3,(H,15,16). The zero-order chi connectivity index (χ0) is 13.0. The van der Waals surface area contributed by atoms with Gasteiger partial charge in [0.2, 0.25) is 5.91 Å². The Morgan fingerprint density at radius 3 is 2.59 bits per heavy atom. The molecule has 0 aliphatic carbocycles. The van der Waals surface area contributed by atoms with Gasteiger partial charge in [-0.2, -0.15) is 0 Å². The summed E-state index contributed by atoms with van der Waals surface area (Å²) < 4.78 is 0. The van der Waals surface area contributed by atoms with Crippen LogP contribution in [-0.4, -0.2) is 41.0 Å². The predicted molar refractivity (Wildman–Crippen MR) is 64.4 cm³/mol. The van der Waals surface area contributed by atoms with Gasteiger partial charge in [-0.25, -0.2) is 0 Å². The smallest absolute Gasteiger partial charge is 0.303 e. The van der Waals surface area contributed by atoms with E-state index in [1.54, 1.807) is 4.90 Å². The van der Waals surface area contributed by atoms with Gasteiger partial charge in [-0.15, -0.1) is 0 Å². The number of hydrogen-bond donors (Lipinski definition) is 2. The van der Waals surface area contributed by atoms with Crippen LogP contribution in [0.5, 0.6) is 0 Å². The van der Waals surface area contributed by atoms with Crippen LogP contribution in [0.3, 0.4) is 0 Å². The molecule has 0 saturated carbocycles. The molecule has 0 aromatic heterocycles. The van der Waals surface area contributed by atoms with E-state index < -0.39 is 12.0 Å². The van der Waals surface area contributed by atoms with Gasteiger partial charge >= 0.3 is 5.97 Å². The molecule has 17 heavy (non-hydrogen) atoms. The van der Waals surface area contributed by atoms with Crippen molar-refractivity contribution in [3.05, 3.63) is 0 Å². The van der Waals surface area contributed by atoms with Crippen LogP contribution >= 0.6 is 0 Å². The summed E-state index contributed by atoms with van der Waals surface area (Å²) in [4.78, 5) is 24.2. The number of likely N-dealkylation sites (tertiary alicyclic amines) is 1. The second-order valence-electron chi connectivity index (χ2n) is 5.07. The quantitative estimate of drug-likeness (QED) is 0.759. The summed E-state index contributed by atoms with van der Waals surface area (Å²) in [6.07, 6.45) is 1.17. The first-order chi connectivity index (χ1) is 7.91. The third kappa shape index (κ3) is 4.00. The van der Waals surface area contributed by atoms with Crippen LogP contribution in [0, 0.1) is 11.8 Å². The van der Waals surface area contributed by atoms with E-state index in [2.05, 4.69) is 13.8 Å². The van der Waals surface area contributed by atoms with Gasteiger partial charge in [0.25, 0.3) is 0 Å². The molecular weight excluding hydrogens is 220 g/mol. The summed E-state index contributed by atoms with van der Waals surface area (Å²) in [5, 5.41) is 8.55. The summed E-state index contributed by atoms with van der Waals surface area (Å²) in [6, 6.07) is -0.674. The minimum Gasteiger partial charge on any atom is -0.481 e. The topological polar surface area (TPSA) is 83.6 Å². The van der Waals surface area contributed by atoms with Crippen LogP contribution in [0.1, 0.15) is 33.1 Å². The molecule has 3 N–H and O–H groups in total. The molecule has 3 unspecified atom stereocenters. The van der Waals surface area contributed by atoms with Gasteiger partial charge < -0.3 is 15.7 Å². The highest BCUT2D eigenvalue weighted by molar-refractivity contribution is 5.82. The Bertz CT molecular complexity index is 293. The molecule has 1 fully saturated rings. The zero-order valence-corrected chi connectivity index (χ0v) is 10.6. The van der Waals surface area contributed by atoms with Gasteiger partial charge in [0.05, 0.1) is 6.04 Å². The van der Waals surface area contributed by atoms with E-state index in [1.165, 1.54) is 0 Å². The Morgan fingerprint density at radius 2 is 2.06 bits per heavy atom. The number of nitrogens with two attached hydrogens (primary N) is 1. The molecule has 0 aromatic carbocycles. The van der Waals surface area contributed by atoms with E-state index in [0.29, 0.717) is 11.8 Å². The Kier molecular flexibility index (Phi) is 4.93. The van der Waals surface area contributed by atoms with Crippen molar-refractivity contribution in [3.8, 4) is 0 Å². The van der Waals surface area contributed by atoms with Crippen molar-refractivity contribution >= 4 is 11.9 Å². The monoisotopic (exact) mass is 242 g/mol. The van der Waals surface area contributed by atoms with Gasteiger partial charge in [0.1, 0.15) is 0 Å². The Hall–Kier alpha value is -1.10. The Morgan fingerprint density at radius 1 is 1.41 bits per heavy atom. The fraction of sp³-hybridized carbons (Fsp3) is 0.833. The maximum absolute atomic E-state index is 12.0. The van der Waals surface area contributed by atoms with Crippen LogP contribution in [0.4, 0.5) is 0 Å². The lowest BCUT2D eigenvalue weighted by Gasteiger charge is -2.36. The average Bonchev–Trinajstić information content (AvgIpc) is 2.28. The lowest BCUT2D eigenvalue weighted by Crippen LogP contribution is -2.49. The zero-order valence-electron chi connectivity index (χ0n) is 10.6. The SMILES string of the molecule is CC1CCN(C(=O)C(N)CCC(=O)O)CC1C. The van der Waals surface area contributed by atoms with Gasteiger partial charge in [0, 0.05) is 19.5 Å². The van der Waals surface area contributed by atoms with E-state index in [9.17, 15) is 9.59 Å². The summed E-state index contributed by atoms with van der Waals surface area (Å²) in [5.74, 6) is 0.104. The molecule has 1 amide bonds. The number of carbonyl (C=O) groups is 2. The third-order valence-corrected chi connectivity index (χ3v) is 3.63. The molecule has 1 rings (SSSR count). The summed E-state index contributed by atoms with van der Waals surface area (Å²) in [6.45, 7) is 5.80. The minimum absolute atomic E-state index is 0.0489. The minimum atomic E-state index is -0.908. The van der Waals surface area contributed by atoms with Crippen LogP contribution in [-0.2, 0) is 9.59 Å². The molecule has 1 aliphatic rings. The number of rotatable bonds is 4. The highest BCUT2D eigenvalue weighted by atomic mass is 16.4. The maximum Gasteiger partial charge on any atom is 0.303 e. The van der Waals surface area contributed by atoms with Crippen LogP contribution in [0.25, 0.3) is 0 Å². The molecule has 0 radical (unpaired) electrons. The lowest BCUT2D eigenvalue weighted by molar-refractivity contribution is -0.138. The van der Waals surface area contributed by atoms with Gasteiger partial charge in [-0.3, -0.25) is 9.59 Å². The van der Waals surface area contributed by atoms with Crippen molar-refractivity contribution in [2.24, 2.45) is 17.6 Å². The summed E-state index contributed by atoms with van der Waals surface area (Å²) in [5.41, 5.74) is 5.72. The van der Waals surface area contributed by atoms with Crippen molar-refractivity contribution in [1.82, 2.24) is 4.90 Å². The van der Waals surface area contributed by atoms with Crippen LogP contribution < -0.4 is 5.73 Å². The van der Waals surface area contributed by atoms with Gasteiger partial charge in [-0.1, -0.05) is 13.8 Å². The Labute approximate surface area is 102 Å². The number of carbonyl (C=O) groups excluding carboxylic acids is 1. The first kappa shape index (κ1) is 14.0. The molecule has 0 spiro atoms. The molecular formula is C12H22N2O3.